The summed E-state index contributed by atoms with van der Waals surface area (Å²) in [6.45, 7) is 5.72. The number of anilines is 1. The SMILES string of the molecule is CC.CO.COC.O.O=C(O)C1=NCCC(/C=C/N2c3cc(O)c(O)cc3C[C@H]2C(=O)O)=C1.O[C@@H]1CCCOC1.[U]. The number of dihydropyridines is 1. The Kier molecular flexibility index (Phi) is 25.4. The third kappa shape index (κ3) is 14.8. The minimum Gasteiger partial charge on any atom is -0.504 e. The number of phenols is 2. The summed E-state index contributed by atoms with van der Waals surface area (Å²) in [5.74, 6) is -2.78. The zero-order valence-electron chi connectivity index (χ0n) is 24.2. The molecule has 0 saturated carbocycles. The Hall–Kier alpha value is -2.44. The average molecular weight is 811 g/mol. The molecule has 8 N–H and O–H groups in total. The summed E-state index contributed by atoms with van der Waals surface area (Å²) in [6.07, 6.45) is 7.12. The van der Waals surface area contributed by atoms with Crippen LogP contribution in [0, 0.1) is 31.1 Å². The van der Waals surface area contributed by atoms with Crippen LogP contribution in [-0.2, 0) is 25.5 Å². The van der Waals surface area contributed by atoms with Crippen molar-refractivity contribution in [3.63, 3.8) is 0 Å². The number of carboxylic acid groups (broad SMARTS) is 2. The molecule has 0 aromatic heterocycles. The summed E-state index contributed by atoms with van der Waals surface area (Å²) in [5, 5.41) is 53.5. The number of phenolic OH excluding ortho intramolecular Hbond substituents is 2. The molecule has 3 aliphatic heterocycles. The van der Waals surface area contributed by atoms with E-state index in [9.17, 15) is 24.9 Å². The zero-order chi connectivity index (χ0) is 30.0. The molecule has 1 fully saturated rings. The number of aliphatic imine (C=N–C) groups is 1. The van der Waals surface area contributed by atoms with Gasteiger partial charge < -0.3 is 50.5 Å². The maximum Gasteiger partial charge on any atom is 0.354 e. The Bertz CT molecular complexity index is 994. The number of hydrogen-bond acceptors (Lipinski definition) is 10. The fourth-order valence-corrected chi connectivity index (χ4v) is 3.64. The van der Waals surface area contributed by atoms with Crippen LogP contribution in [0.3, 0.4) is 0 Å². The second kappa shape index (κ2) is 24.2. The van der Waals surface area contributed by atoms with Gasteiger partial charge in [-0.2, -0.15) is 0 Å². The number of benzene rings is 1. The Labute approximate surface area is 264 Å². The topological polar surface area (TPSA) is 221 Å². The van der Waals surface area contributed by atoms with Gasteiger partial charge in [-0.3, -0.25) is 4.99 Å². The molecule has 3 aliphatic rings. The number of aromatic hydroxyl groups is 2. The van der Waals surface area contributed by atoms with Crippen LogP contribution in [0.2, 0.25) is 0 Å². The first-order valence-corrected chi connectivity index (χ1v) is 12.5. The third-order valence-electron chi connectivity index (χ3n) is 5.30. The van der Waals surface area contributed by atoms with Crippen LogP contribution < -0.4 is 4.90 Å². The predicted molar refractivity (Wildman–Crippen MR) is 151 cm³/mol. The second-order valence-electron chi connectivity index (χ2n) is 8.07. The smallest absolute Gasteiger partial charge is 0.354 e. The van der Waals surface area contributed by atoms with Gasteiger partial charge in [0, 0.05) is 90.0 Å². The van der Waals surface area contributed by atoms with Gasteiger partial charge in [-0.15, -0.1) is 0 Å². The van der Waals surface area contributed by atoms with Crippen LogP contribution >= 0.6 is 0 Å². The number of rotatable bonds is 4. The number of hydrogen-bond donors (Lipinski definition) is 6. The standard InChI is InChI=1S/C17H16N2O6.C5H10O2.C2H6O.C2H6.CH4O.H2O.U/c20-14-7-10-6-13(17(24)25)19(12(10)8-15(14)21)4-2-9-1-3-18-11(5-9)16(22)23;6-5-2-1-3-7-4-5;1-3-2;2*1-2;;/h2,4-5,7-8,13,20-21H,1,3,6H2,(H,22,23)(H,24,25);5-6H,1-4H2;1-2H3;1-2H3;2H,1H3;1H2;/b4-2+;;;;;;/t13-;5-;;;;;/m01...../s1. The van der Waals surface area contributed by atoms with E-state index in [0.29, 0.717) is 36.4 Å². The van der Waals surface area contributed by atoms with Crippen LogP contribution in [0.15, 0.2) is 41.1 Å². The minimum absolute atomic E-state index is 0. The van der Waals surface area contributed by atoms with E-state index in [1.165, 1.54) is 23.1 Å². The van der Waals surface area contributed by atoms with Crippen molar-refractivity contribution in [1.29, 1.82) is 0 Å². The molecule has 4 rings (SSSR count). The van der Waals surface area contributed by atoms with Gasteiger partial charge in [0.1, 0.15) is 11.8 Å². The van der Waals surface area contributed by atoms with Gasteiger partial charge in [0.2, 0.25) is 0 Å². The molecule has 0 aliphatic carbocycles. The Morgan fingerprint density at radius 3 is 2.17 bits per heavy atom. The molecule has 0 bridgehead atoms. The molecule has 0 unspecified atom stereocenters. The number of carboxylic acids is 2. The summed E-state index contributed by atoms with van der Waals surface area (Å²) < 4.78 is 9.18. The minimum atomic E-state index is -1.11. The molecular weight excluding hydrogens is 766 g/mol. The van der Waals surface area contributed by atoms with Crippen molar-refractivity contribution in [1.82, 2.24) is 0 Å². The van der Waals surface area contributed by atoms with E-state index in [4.69, 9.17) is 20.1 Å². The van der Waals surface area contributed by atoms with E-state index in [2.05, 4.69) is 9.73 Å². The number of ether oxygens (including phenoxy) is 2. The number of aliphatic carboxylic acids is 2. The molecule has 0 spiro atoms. The molecule has 3 heterocycles. The predicted octanol–water partition coefficient (Wildman–Crippen LogP) is 1.51. The van der Waals surface area contributed by atoms with Gasteiger partial charge in [0.05, 0.1) is 12.7 Å². The molecule has 232 valence electrons. The molecule has 1 aromatic rings. The van der Waals surface area contributed by atoms with E-state index >= 15 is 0 Å². The normalized spacial score (nSPS) is 18.3. The van der Waals surface area contributed by atoms with Crippen molar-refractivity contribution in [2.24, 2.45) is 4.99 Å². The van der Waals surface area contributed by atoms with Crippen LogP contribution in [0.4, 0.5) is 5.69 Å². The van der Waals surface area contributed by atoms with Crippen LogP contribution in [0.1, 0.15) is 38.7 Å². The van der Waals surface area contributed by atoms with Crippen molar-refractivity contribution in [3.05, 3.63) is 41.6 Å². The number of nitrogens with zero attached hydrogens (tertiary/aromatic N) is 2. The first-order valence-electron chi connectivity index (χ1n) is 12.5. The molecule has 14 heteroatoms. The van der Waals surface area contributed by atoms with Gasteiger partial charge >= 0.3 is 11.9 Å². The molecule has 1 aromatic carbocycles. The van der Waals surface area contributed by atoms with E-state index in [1.54, 1.807) is 26.5 Å². The Balaban J connectivity index is -0.000000759. The molecule has 41 heavy (non-hydrogen) atoms. The summed E-state index contributed by atoms with van der Waals surface area (Å²) in [7, 11) is 4.25. The maximum absolute atomic E-state index is 11.5. The zero-order valence-corrected chi connectivity index (χ0v) is 28.4. The van der Waals surface area contributed by atoms with E-state index < -0.39 is 18.0 Å². The molecule has 2 atom stereocenters. The fraction of sp³-hybridized carbons (Fsp3) is 0.519. The number of aliphatic hydroxyl groups excluding tert-OH is 2. The van der Waals surface area contributed by atoms with Crippen molar-refractivity contribution >= 4 is 23.3 Å². The summed E-state index contributed by atoms with van der Waals surface area (Å²) >= 11 is 0. The second-order valence-corrected chi connectivity index (χ2v) is 8.07. The molecule has 13 nitrogen and oxygen atoms in total. The molecule has 0 radical (unpaired) electrons. The third-order valence-corrected chi connectivity index (χ3v) is 5.30. The van der Waals surface area contributed by atoms with E-state index in [-0.39, 0.29) is 66.3 Å². The summed E-state index contributed by atoms with van der Waals surface area (Å²) in [4.78, 5) is 27.9. The molecule has 0 amide bonds. The average Bonchev–Trinajstić information content (AvgIpc) is 3.29. The largest absolute Gasteiger partial charge is 0.504 e. The first-order chi connectivity index (χ1) is 18.7. The van der Waals surface area contributed by atoms with E-state index in [1.807, 2.05) is 13.8 Å². The number of carbonyl (C=O) groups is 2. The number of methoxy groups -OCH3 is 1. The quantitative estimate of drug-likeness (QED) is 0.240. The number of allylic oxidation sites excluding steroid dienone is 1. The van der Waals surface area contributed by atoms with Crippen LogP contribution in [0.25, 0.3) is 0 Å². The van der Waals surface area contributed by atoms with E-state index in [0.717, 1.165) is 26.6 Å². The molecule has 1 saturated heterocycles. The van der Waals surface area contributed by atoms with Crippen molar-refractivity contribution in [3.8, 4) is 11.5 Å². The van der Waals surface area contributed by atoms with Gasteiger partial charge in [-0.1, -0.05) is 13.8 Å². The van der Waals surface area contributed by atoms with Gasteiger partial charge in [-0.25, -0.2) is 9.59 Å². The van der Waals surface area contributed by atoms with Gasteiger partial charge in [0.15, 0.2) is 11.5 Å². The monoisotopic (exact) mass is 810 g/mol. The van der Waals surface area contributed by atoms with Crippen molar-refractivity contribution in [2.75, 3.05) is 46.0 Å². The van der Waals surface area contributed by atoms with Crippen molar-refractivity contribution in [2.45, 2.75) is 51.7 Å². The number of aliphatic hydroxyl groups is 2. The maximum atomic E-state index is 11.5. The Morgan fingerprint density at radius 2 is 1.71 bits per heavy atom. The fourth-order valence-electron chi connectivity index (χ4n) is 3.64. The van der Waals surface area contributed by atoms with Gasteiger partial charge in [-0.05, 0) is 48.6 Å². The summed E-state index contributed by atoms with van der Waals surface area (Å²) in [6, 6.07) is 1.80. The summed E-state index contributed by atoms with van der Waals surface area (Å²) in [5.41, 5.74) is 1.78. The van der Waals surface area contributed by atoms with Gasteiger partial charge in [0.25, 0.3) is 0 Å². The number of fused-ring (bicyclic) bond motifs is 1. The van der Waals surface area contributed by atoms with Crippen molar-refractivity contribution < 1.29 is 86.3 Å². The van der Waals surface area contributed by atoms with Crippen LogP contribution in [0.5, 0.6) is 11.5 Å². The molecular formula is C27H44N2O11U. The first kappa shape index (κ1) is 43.0. The Morgan fingerprint density at radius 1 is 1.12 bits per heavy atom. The van der Waals surface area contributed by atoms with Crippen LogP contribution in [-0.4, -0.2) is 107 Å².